The van der Waals surface area contributed by atoms with Crippen LogP contribution < -0.4 is 9.62 Å². The van der Waals surface area contributed by atoms with Crippen LogP contribution in [0.4, 0.5) is 5.69 Å². The zero-order valence-corrected chi connectivity index (χ0v) is 21.4. The van der Waals surface area contributed by atoms with Gasteiger partial charge in [0.1, 0.15) is 12.6 Å². The van der Waals surface area contributed by atoms with Gasteiger partial charge in [-0.2, -0.15) is 0 Å². The van der Waals surface area contributed by atoms with Crippen LogP contribution in [0.1, 0.15) is 31.9 Å². The minimum atomic E-state index is -3.76. The summed E-state index contributed by atoms with van der Waals surface area (Å²) in [5, 5.41) is 2.82. The lowest BCUT2D eigenvalue weighted by Crippen LogP contribution is -2.52. The first-order valence-electron chi connectivity index (χ1n) is 10.3. The van der Waals surface area contributed by atoms with Crippen molar-refractivity contribution in [1.82, 2.24) is 10.2 Å². The number of sulfonamides is 1. The van der Waals surface area contributed by atoms with Crippen molar-refractivity contribution in [3.63, 3.8) is 0 Å². The van der Waals surface area contributed by atoms with Crippen LogP contribution >= 0.6 is 15.9 Å². The molecule has 2 aromatic carbocycles. The van der Waals surface area contributed by atoms with Crippen LogP contribution in [-0.2, 0) is 26.2 Å². The number of para-hydroxylation sites is 1. The Kier molecular flexibility index (Phi) is 8.86. The van der Waals surface area contributed by atoms with Gasteiger partial charge in [0.05, 0.1) is 11.9 Å². The van der Waals surface area contributed by atoms with Gasteiger partial charge in [0.25, 0.3) is 0 Å². The van der Waals surface area contributed by atoms with Crippen molar-refractivity contribution < 1.29 is 18.0 Å². The fraction of sp³-hybridized carbons (Fsp3) is 0.391. The van der Waals surface area contributed by atoms with Gasteiger partial charge in [-0.05, 0) is 61.3 Å². The fourth-order valence-corrected chi connectivity index (χ4v) is 4.60. The second-order valence-electron chi connectivity index (χ2n) is 8.07. The SMILES string of the molecule is Cc1ccc(CN(C(=O)CN(c2ccccc2Br)S(C)(=O)=O)C(C)C(=O)NC(C)C)cc1. The molecule has 0 fully saturated rings. The molecule has 1 atom stereocenters. The third kappa shape index (κ3) is 7.06. The minimum Gasteiger partial charge on any atom is -0.352 e. The Morgan fingerprint density at radius 1 is 1.03 bits per heavy atom. The fourth-order valence-electron chi connectivity index (χ4n) is 3.13. The van der Waals surface area contributed by atoms with E-state index in [4.69, 9.17) is 0 Å². The topological polar surface area (TPSA) is 86.8 Å². The van der Waals surface area contributed by atoms with Crippen LogP contribution in [0.5, 0.6) is 0 Å². The van der Waals surface area contributed by atoms with Gasteiger partial charge >= 0.3 is 0 Å². The largest absolute Gasteiger partial charge is 0.352 e. The lowest BCUT2D eigenvalue weighted by molar-refractivity contribution is -0.139. The molecule has 2 aromatic rings. The quantitative estimate of drug-likeness (QED) is 0.545. The summed E-state index contributed by atoms with van der Waals surface area (Å²) in [7, 11) is -3.76. The Hall–Kier alpha value is -2.39. The zero-order valence-electron chi connectivity index (χ0n) is 19.0. The summed E-state index contributed by atoms with van der Waals surface area (Å²) in [6.45, 7) is 7.05. The summed E-state index contributed by atoms with van der Waals surface area (Å²) in [4.78, 5) is 27.5. The normalized spacial score (nSPS) is 12.3. The molecule has 2 rings (SSSR count). The van der Waals surface area contributed by atoms with Crippen molar-refractivity contribution in [3.05, 3.63) is 64.1 Å². The number of benzene rings is 2. The van der Waals surface area contributed by atoms with E-state index >= 15 is 0 Å². The molecule has 174 valence electrons. The molecule has 0 aromatic heterocycles. The van der Waals surface area contributed by atoms with Gasteiger partial charge in [-0.15, -0.1) is 0 Å². The number of carbonyl (C=O) groups is 2. The highest BCUT2D eigenvalue weighted by Gasteiger charge is 2.30. The van der Waals surface area contributed by atoms with Crippen LogP contribution in [0.15, 0.2) is 53.0 Å². The molecule has 7 nitrogen and oxygen atoms in total. The van der Waals surface area contributed by atoms with E-state index in [1.807, 2.05) is 45.0 Å². The third-order valence-electron chi connectivity index (χ3n) is 4.87. The first-order chi connectivity index (χ1) is 14.9. The van der Waals surface area contributed by atoms with Gasteiger partial charge in [-0.25, -0.2) is 8.42 Å². The molecule has 0 aliphatic carbocycles. The van der Waals surface area contributed by atoms with Crippen LogP contribution in [0.2, 0.25) is 0 Å². The molecule has 2 amide bonds. The molecule has 9 heteroatoms. The van der Waals surface area contributed by atoms with Crippen molar-refractivity contribution in [2.75, 3.05) is 17.1 Å². The van der Waals surface area contributed by atoms with Gasteiger partial charge in [-0.3, -0.25) is 13.9 Å². The maximum absolute atomic E-state index is 13.4. The van der Waals surface area contributed by atoms with E-state index in [9.17, 15) is 18.0 Å². The molecule has 0 aliphatic heterocycles. The third-order valence-corrected chi connectivity index (χ3v) is 6.67. The number of nitrogens with zero attached hydrogens (tertiary/aromatic N) is 2. The molecule has 0 saturated carbocycles. The Balaban J connectivity index is 2.39. The van der Waals surface area contributed by atoms with Crippen molar-refractivity contribution in [2.24, 2.45) is 0 Å². The highest BCUT2D eigenvalue weighted by Crippen LogP contribution is 2.28. The summed E-state index contributed by atoms with van der Waals surface area (Å²) >= 11 is 3.36. The number of aryl methyl sites for hydroxylation is 1. The first-order valence-corrected chi connectivity index (χ1v) is 12.9. The lowest BCUT2D eigenvalue weighted by atomic mass is 10.1. The molecule has 0 aliphatic rings. The van der Waals surface area contributed by atoms with Gasteiger partial charge in [-0.1, -0.05) is 42.0 Å². The van der Waals surface area contributed by atoms with Crippen LogP contribution in [0.3, 0.4) is 0 Å². The zero-order chi connectivity index (χ0) is 24.1. The van der Waals surface area contributed by atoms with E-state index in [0.717, 1.165) is 21.7 Å². The Morgan fingerprint density at radius 3 is 2.16 bits per heavy atom. The number of carbonyl (C=O) groups excluding carboxylic acids is 2. The van der Waals surface area contributed by atoms with Gasteiger partial charge in [0.2, 0.25) is 21.8 Å². The average molecular weight is 524 g/mol. The highest BCUT2D eigenvalue weighted by molar-refractivity contribution is 9.10. The predicted octanol–water partition coefficient (Wildman–Crippen LogP) is 3.47. The summed E-state index contributed by atoms with van der Waals surface area (Å²) in [5.41, 5.74) is 2.28. The minimum absolute atomic E-state index is 0.0888. The number of nitrogens with one attached hydrogen (secondary N) is 1. The van der Waals surface area contributed by atoms with E-state index < -0.39 is 28.5 Å². The predicted molar refractivity (Wildman–Crippen MR) is 131 cm³/mol. The second kappa shape index (κ2) is 11.0. The van der Waals surface area contributed by atoms with Crippen molar-refractivity contribution in [2.45, 2.75) is 46.3 Å². The van der Waals surface area contributed by atoms with Crippen LogP contribution in [0, 0.1) is 6.92 Å². The van der Waals surface area contributed by atoms with Crippen LogP contribution in [0.25, 0.3) is 0 Å². The number of rotatable bonds is 9. The van der Waals surface area contributed by atoms with E-state index in [-0.39, 0.29) is 18.5 Å². The number of hydrogen-bond acceptors (Lipinski definition) is 4. The standard InChI is InChI=1S/C23H30BrN3O4S/c1-16(2)25-23(29)18(4)26(14-19-12-10-17(3)11-13-19)22(28)15-27(32(5,30)31)21-9-7-6-8-20(21)24/h6-13,16,18H,14-15H2,1-5H3,(H,25,29). The van der Waals surface area contributed by atoms with E-state index in [2.05, 4.69) is 21.2 Å². The maximum Gasteiger partial charge on any atom is 0.244 e. The first kappa shape index (κ1) is 25.9. The van der Waals surface area contributed by atoms with Gasteiger partial charge in [0, 0.05) is 17.1 Å². The Bertz CT molecular complexity index is 1060. The molecular formula is C23H30BrN3O4S. The Labute approximate surface area is 199 Å². The summed E-state index contributed by atoms with van der Waals surface area (Å²) in [5.74, 6) is -0.773. The molecule has 0 radical (unpaired) electrons. The van der Waals surface area contributed by atoms with Crippen LogP contribution in [-0.4, -0.2) is 50.0 Å². The molecule has 0 spiro atoms. The highest BCUT2D eigenvalue weighted by atomic mass is 79.9. The number of amides is 2. The molecule has 1 unspecified atom stereocenters. The smallest absolute Gasteiger partial charge is 0.244 e. The average Bonchev–Trinajstić information content (AvgIpc) is 2.70. The summed E-state index contributed by atoms with van der Waals surface area (Å²) < 4.78 is 26.7. The monoisotopic (exact) mass is 523 g/mol. The number of hydrogen-bond donors (Lipinski definition) is 1. The van der Waals surface area contributed by atoms with Gasteiger partial charge in [0.15, 0.2) is 0 Å². The molecule has 0 saturated heterocycles. The molecule has 0 heterocycles. The van der Waals surface area contributed by atoms with Crippen molar-refractivity contribution >= 4 is 43.5 Å². The number of halogens is 1. The Morgan fingerprint density at radius 2 is 1.62 bits per heavy atom. The molecular weight excluding hydrogens is 494 g/mol. The molecule has 0 bridgehead atoms. The van der Waals surface area contributed by atoms with Crippen molar-refractivity contribution in [3.8, 4) is 0 Å². The summed E-state index contributed by atoms with van der Waals surface area (Å²) in [6.07, 6.45) is 1.05. The van der Waals surface area contributed by atoms with Crippen molar-refractivity contribution in [1.29, 1.82) is 0 Å². The maximum atomic E-state index is 13.4. The second-order valence-corrected chi connectivity index (χ2v) is 10.8. The molecule has 32 heavy (non-hydrogen) atoms. The van der Waals surface area contributed by atoms with Gasteiger partial charge < -0.3 is 10.2 Å². The van der Waals surface area contributed by atoms with E-state index in [0.29, 0.717) is 10.2 Å². The molecule has 1 N–H and O–H groups in total. The summed E-state index contributed by atoms with van der Waals surface area (Å²) in [6, 6.07) is 13.6. The van der Waals surface area contributed by atoms with E-state index in [1.165, 1.54) is 4.90 Å². The van der Waals surface area contributed by atoms with E-state index in [1.54, 1.807) is 31.2 Å². The number of anilines is 1. The lowest BCUT2D eigenvalue weighted by Gasteiger charge is -2.32.